The van der Waals surface area contributed by atoms with Crippen LogP contribution in [0.1, 0.15) is 52.4 Å². The molecule has 0 N–H and O–H groups in total. The van der Waals surface area contributed by atoms with Crippen molar-refractivity contribution >= 4 is 11.9 Å². The van der Waals surface area contributed by atoms with Crippen LogP contribution in [0.15, 0.2) is 83.4 Å². The highest BCUT2D eigenvalue weighted by molar-refractivity contribution is 5.84. The molecule has 3 rings (SSSR count). The Hall–Kier alpha value is -3.93. The molecule has 182 valence electrons. The number of rotatable bonds is 12. The Labute approximate surface area is 206 Å². The number of unbranched alkanes of at least 4 members (excludes halogenated alkanes) is 4. The smallest absolute Gasteiger partial charge is 0.335 e. The normalized spacial score (nSPS) is 11.3. The lowest BCUT2D eigenvalue weighted by molar-refractivity contribution is -0.129. The van der Waals surface area contributed by atoms with Gasteiger partial charge in [-0.15, -0.1) is 0 Å². The molecule has 35 heavy (non-hydrogen) atoms. The van der Waals surface area contributed by atoms with E-state index in [0.717, 1.165) is 49.7 Å². The zero-order valence-corrected chi connectivity index (χ0v) is 20.2. The van der Waals surface area contributed by atoms with Gasteiger partial charge in [0.2, 0.25) is 5.89 Å². The van der Waals surface area contributed by atoms with Crippen molar-refractivity contribution in [1.82, 2.24) is 4.98 Å². The average molecular weight is 474 g/mol. The molecular formula is C29H31NO5. The molecule has 1 aromatic heterocycles. The summed E-state index contributed by atoms with van der Waals surface area (Å²) in [6.45, 7) is 4.21. The molecule has 0 fully saturated rings. The molecule has 0 atom stereocenters. The van der Waals surface area contributed by atoms with Gasteiger partial charge in [-0.1, -0.05) is 51.7 Å². The quantitative estimate of drug-likeness (QED) is 0.119. The summed E-state index contributed by atoms with van der Waals surface area (Å²) in [5.41, 5.74) is 1.57. The monoisotopic (exact) mass is 473 g/mol. The fourth-order valence-electron chi connectivity index (χ4n) is 3.20. The number of oxazole rings is 1. The molecule has 0 bridgehead atoms. The van der Waals surface area contributed by atoms with E-state index in [1.54, 1.807) is 42.6 Å². The van der Waals surface area contributed by atoms with E-state index in [-0.39, 0.29) is 0 Å². The number of hydrogen-bond donors (Lipinski definition) is 0. The minimum atomic E-state index is -0.395. The van der Waals surface area contributed by atoms with Crippen LogP contribution in [0.2, 0.25) is 0 Å². The molecule has 0 radical (unpaired) electrons. The largest absolute Gasteiger partial charge is 0.436 e. The molecule has 6 heteroatoms. The van der Waals surface area contributed by atoms with Crippen molar-refractivity contribution < 1.29 is 23.5 Å². The van der Waals surface area contributed by atoms with Gasteiger partial charge in [0.15, 0.2) is 5.76 Å². The van der Waals surface area contributed by atoms with Crippen LogP contribution in [0.5, 0.6) is 11.5 Å². The van der Waals surface area contributed by atoms with Crippen LogP contribution in [0.4, 0.5) is 0 Å². The SMILES string of the molecule is CCCCC=CC(=O)Oc1ccc(-c2cnc(-c3ccc(OC(=O)C=CCCCC)cc3)o2)cc1. The third-order valence-electron chi connectivity index (χ3n) is 5.14. The second kappa shape index (κ2) is 13.7. The number of nitrogens with zero attached hydrogens (tertiary/aromatic N) is 1. The Balaban J connectivity index is 1.57. The van der Waals surface area contributed by atoms with E-state index in [9.17, 15) is 9.59 Å². The zero-order chi connectivity index (χ0) is 24.9. The van der Waals surface area contributed by atoms with Crippen LogP contribution in [0.25, 0.3) is 22.8 Å². The van der Waals surface area contributed by atoms with Crippen LogP contribution in [-0.2, 0) is 9.59 Å². The van der Waals surface area contributed by atoms with Crippen molar-refractivity contribution in [3.05, 3.63) is 79.0 Å². The first-order chi connectivity index (χ1) is 17.1. The van der Waals surface area contributed by atoms with Crippen molar-refractivity contribution in [1.29, 1.82) is 0 Å². The van der Waals surface area contributed by atoms with Gasteiger partial charge in [0.1, 0.15) is 11.5 Å². The summed E-state index contributed by atoms with van der Waals surface area (Å²) in [7, 11) is 0. The highest BCUT2D eigenvalue weighted by Gasteiger charge is 2.10. The second-order valence-corrected chi connectivity index (χ2v) is 8.01. The zero-order valence-electron chi connectivity index (χ0n) is 20.2. The van der Waals surface area contributed by atoms with Crippen LogP contribution >= 0.6 is 0 Å². The lowest BCUT2D eigenvalue weighted by atomic mass is 10.2. The summed E-state index contributed by atoms with van der Waals surface area (Å²) in [5, 5.41) is 0. The summed E-state index contributed by atoms with van der Waals surface area (Å²) in [6.07, 6.45) is 14.2. The van der Waals surface area contributed by atoms with Crippen LogP contribution in [0, 0.1) is 0 Å². The maximum Gasteiger partial charge on any atom is 0.335 e. The topological polar surface area (TPSA) is 78.6 Å². The minimum Gasteiger partial charge on any atom is -0.436 e. The van der Waals surface area contributed by atoms with Crippen molar-refractivity contribution in [2.45, 2.75) is 52.4 Å². The van der Waals surface area contributed by atoms with Crippen LogP contribution in [-0.4, -0.2) is 16.9 Å². The minimum absolute atomic E-state index is 0.391. The number of benzene rings is 2. The first-order valence-corrected chi connectivity index (χ1v) is 12.0. The van der Waals surface area contributed by atoms with E-state index in [1.165, 1.54) is 12.2 Å². The van der Waals surface area contributed by atoms with Gasteiger partial charge in [-0.05, 0) is 61.4 Å². The Morgan fingerprint density at radius 2 is 1.26 bits per heavy atom. The number of aromatic nitrogens is 1. The molecule has 2 aromatic carbocycles. The predicted octanol–water partition coefficient (Wildman–Crippen LogP) is 7.31. The standard InChI is InChI=1S/C29H31NO5/c1-3-5-7-9-11-27(31)33-24-17-13-22(14-18-24)26-21-30-29(35-26)23-15-19-25(20-16-23)34-28(32)12-10-8-6-4-2/h9-21H,3-8H2,1-2H3. The molecule has 0 aliphatic carbocycles. The number of esters is 2. The average Bonchev–Trinajstić information content (AvgIpc) is 3.36. The molecule has 0 spiro atoms. The fraction of sp³-hybridized carbons (Fsp3) is 0.276. The van der Waals surface area contributed by atoms with Crippen molar-refractivity contribution in [2.75, 3.05) is 0 Å². The van der Waals surface area contributed by atoms with E-state index >= 15 is 0 Å². The molecule has 1 heterocycles. The molecule has 6 nitrogen and oxygen atoms in total. The van der Waals surface area contributed by atoms with E-state index in [4.69, 9.17) is 13.9 Å². The van der Waals surface area contributed by atoms with Crippen molar-refractivity contribution in [3.63, 3.8) is 0 Å². The number of carbonyl (C=O) groups is 2. The summed E-state index contributed by atoms with van der Waals surface area (Å²) in [4.78, 5) is 28.1. The van der Waals surface area contributed by atoms with Gasteiger partial charge in [-0.2, -0.15) is 0 Å². The molecule has 0 unspecified atom stereocenters. The number of hydrogen-bond acceptors (Lipinski definition) is 6. The summed E-state index contributed by atoms with van der Waals surface area (Å²) in [5.74, 6) is 1.17. The van der Waals surface area contributed by atoms with Gasteiger partial charge in [-0.25, -0.2) is 14.6 Å². The molecule has 3 aromatic rings. The molecule has 0 saturated heterocycles. The summed E-state index contributed by atoms with van der Waals surface area (Å²) < 4.78 is 16.5. The molecule has 0 saturated carbocycles. The van der Waals surface area contributed by atoms with Gasteiger partial charge in [0.05, 0.1) is 6.20 Å². The number of carbonyl (C=O) groups excluding carboxylic acids is 2. The fourth-order valence-corrected chi connectivity index (χ4v) is 3.20. The third-order valence-corrected chi connectivity index (χ3v) is 5.14. The lowest BCUT2D eigenvalue weighted by Gasteiger charge is -2.03. The second-order valence-electron chi connectivity index (χ2n) is 8.01. The highest BCUT2D eigenvalue weighted by atomic mass is 16.5. The Morgan fingerprint density at radius 3 is 1.74 bits per heavy atom. The molecule has 0 aliphatic heterocycles. The summed E-state index contributed by atoms with van der Waals surface area (Å²) >= 11 is 0. The van der Waals surface area contributed by atoms with Crippen LogP contribution < -0.4 is 9.47 Å². The molecule has 0 aliphatic rings. The van der Waals surface area contributed by atoms with Crippen molar-refractivity contribution in [3.8, 4) is 34.3 Å². The Morgan fingerprint density at radius 1 is 0.771 bits per heavy atom. The maximum absolute atomic E-state index is 11.9. The first-order valence-electron chi connectivity index (χ1n) is 12.0. The van der Waals surface area contributed by atoms with E-state index < -0.39 is 11.9 Å². The number of allylic oxidation sites excluding steroid dienone is 2. The van der Waals surface area contributed by atoms with E-state index in [2.05, 4.69) is 18.8 Å². The Kier molecular flexibility index (Phi) is 10.1. The lowest BCUT2D eigenvalue weighted by Crippen LogP contribution is -2.03. The van der Waals surface area contributed by atoms with Crippen LogP contribution in [0.3, 0.4) is 0 Å². The maximum atomic E-state index is 11.9. The van der Waals surface area contributed by atoms with Gasteiger partial charge in [0.25, 0.3) is 0 Å². The first kappa shape index (κ1) is 25.7. The van der Waals surface area contributed by atoms with Gasteiger partial charge in [0, 0.05) is 23.3 Å². The predicted molar refractivity (Wildman–Crippen MR) is 136 cm³/mol. The van der Waals surface area contributed by atoms with E-state index in [0.29, 0.717) is 23.1 Å². The Bertz CT molecular complexity index is 1050. The highest BCUT2D eigenvalue weighted by Crippen LogP contribution is 2.28. The van der Waals surface area contributed by atoms with Gasteiger partial charge < -0.3 is 13.9 Å². The number of ether oxygens (including phenoxy) is 2. The van der Waals surface area contributed by atoms with Crippen molar-refractivity contribution in [2.24, 2.45) is 0 Å². The van der Waals surface area contributed by atoms with Gasteiger partial charge >= 0.3 is 11.9 Å². The van der Waals surface area contributed by atoms with Gasteiger partial charge in [-0.3, -0.25) is 0 Å². The summed E-state index contributed by atoms with van der Waals surface area (Å²) in [6, 6.07) is 14.0. The third kappa shape index (κ3) is 8.41. The molecule has 0 amide bonds. The van der Waals surface area contributed by atoms with E-state index in [1.807, 2.05) is 24.3 Å². The molecular weight excluding hydrogens is 442 g/mol.